The molecule has 2 aromatic carbocycles. The van der Waals surface area contributed by atoms with Gasteiger partial charge in [-0.15, -0.1) is 0 Å². The Labute approximate surface area is 165 Å². The number of alkyl halides is 3. The van der Waals surface area contributed by atoms with E-state index in [-0.39, 0.29) is 24.0 Å². The second kappa shape index (κ2) is 8.19. The van der Waals surface area contributed by atoms with Crippen molar-refractivity contribution in [1.29, 1.82) is 5.26 Å². The molecular weight excluding hydrogens is 381 g/mol. The van der Waals surface area contributed by atoms with Gasteiger partial charge in [0.05, 0.1) is 29.1 Å². The summed E-state index contributed by atoms with van der Waals surface area (Å²) in [6.45, 7) is 0.236. The highest BCUT2D eigenvalue weighted by atomic mass is 19.4. The summed E-state index contributed by atoms with van der Waals surface area (Å²) in [4.78, 5) is 17.7. The van der Waals surface area contributed by atoms with Gasteiger partial charge in [0.2, 0.25) is 5.91 Å². The van der Waals surface area contributed by atoms with Crippen LogP contribution in [0, 0.1) is 11.3 Å². The highest BCUT2D eigenvalue weighted by Crippen LogP contribution is 2.34. The van der Waals surface area contributed by atoms with Crippen molar-refractivity contribution >= 4 is 23.0 Å². The van der Waals surface area contributed by atoms with Crippen LogP contribution < -0.4 is 0 Å². The minimum Gasteiger partial charge on any atom is -0.341 e. The molecule has 1 amide bonds. The summed E-state index contributed by atoms with van der Waals surface area (Å²) >= 11 is 0. The van der Waals surface area contributed by atoms with E-state index < -0.39 is 17.6 Å². The van der Waals surface area contributed by atoms with Gasteiger partial charge in [-0.3, -0.25) is 9.36 Å². The first-order valence-electron chi connectivity index (χ1n) is 8.75. The molecule has 0 fully saturated rings. The molecule has 148 valence electrons. The maximum atomic E-state index is 13.3. The monoisotopic (exact) mass is 398 g/mol. The quantitative estimate of drug-likeness (QED) is 0.598. The van der Waals surface area contributed by atoms with Crippen molar-refractivity contribution in [2.24, 2.45) is 0 Å². The van der Waals surface area contributed by atoms with E-state index in [1.165, 1.54) is 30.4 Å². The Morgan fingerprint density at radius 1 is 1.28 bits per heavy atom. The van der Waals surface area contributed by atoms with Gasteiger partial charge in [0, 0.05) is 30.9 Å². The molecule has 0 atom stereocenters. The molecule has 0 radical (unpaired) electrons. The first kappa shape index (κ1) is 20.1. The van der Waals surface area contributed by atoms with Gasteiger partial charge >= 0.3 is 6.18 Å². The number of aromatic nitrogens is 2. The predicted molar refractivity (Wildman–Crippen MR) is 103 cm³/mol. The van der Waals surface area contributed by atoms with Gasteiger partial charge in [-0.1, -0.05) is 18.2 Å². The summed E-state index contributed by atoms with van der Waals surface area (Å²) in [5.74, 6) is -0.406. The average molecular weight is 398 g/mol. The lowest BCUT2D eigenvalue weighted by atomic mass is 10.1. The number of hydrogen-bond acceptors (Lipinski definition) is 3. The maximum absolute atomic E-state index is 13.3. The third kappa shape index (κ3) is 4.46. The molecule has 0 unspecified atom stereocenters. The van der Waals surface area contributed by atoms with Crippen LogP contribution in [0.15, 0.2) is 54.9 Å². The van der Waals surface area contributed by atoms with E-state index in [0.29, 0.717) is 5.52 Å². The number of carbonyl (C=O) groups excluding carboxylic acids is 1. The molecule has 3 rings (SSSR count). The molecule has 0 aliphatic carbocycles. The molecule has 0 N–H and O–H groups in total. The number of benzene rings is 2. The van der Waals surface area contributed by atoms with Gasteiger partial charge < -0.3 is 4.90 Å². The summed E-state index contributed by atoms with van der Waals surface area (Å²) in [5.41, 5.74) is 0.759. The molecule has 0 aliphatic heterocycles. The molecule has 0 bridgehead atoms. The van der Waals surface area contributed by atoms with Gasteiger partial charge in [0.1, 0.15) is 6.33 Å². The van der Waals surface area contributed by atoms with Crippen molar-refractivity contribution in [3.8, 4) is 11.8 Å². The van der Waals surface area contributed by atoms with E-state index >= 15 is 0 Å². The second-order valence-corrected chi connectivity index (χ2v) is 6.38. The fraction of sp³-hybridized carbons (Fsp3) is 0.190. The van der Waals surface area contributed by atoms with Crippen molar-refractivity contribution in [1.82, 2.24) is 14.5 Å². The summed E-state index contributed by atoms with van der Waals surface area (Å²) in [6.07, 6.45) is -0.359. The van der Waals surface area contributed by atoms with Crippen molar-refractivity contribution in [2.45, 2.75) is 12.6 Å². The highest BCUT2D eigenvalue weighted by molar-refractivity contribution is 5.95. The lowest BCUT2D eigenvalue weighted by molar-refractivity contribution is -0.137. The Balaban J connectivity index is 2.10. The van der Waals surface area contributed by atoms with Gasteiger partial charge in [-0.2, -0.15) is 18.4 Å². The summed E-state index contributed by atoms with van der Waals surface area (Å²) in [6, 6.07) is 13.0. The number of para-hydroxylation sites is 1. The van der Waals surface area contributed by atoms with Gasteiger partial charge in [0.15, 0.2) is 0 Å². The molecule has 0 aliphatic rings. The summed E-state index contributed by atoms with van der Waals surface area (Å²) in [5, 5.41) is 8.62. The normalized spacial score (nSPS) is 11.7. The number of carbonyl (C=O) groups is 1. The van der Waals surface area contributed by atoms with Crippen LogP contribution in [0.1, 0.15) is 17.5 Å². The highest BCUT2D eigenvalue weighted by Gasteiger charge is 2.32. The Kier molecular flexibility index (Phi) is 5.69. The molecule has 0 saturated heterocycles. The minimum atomic E-state index is -4.54. The predicted octanol–water partition coefficient (Wildman–Crippen LogP) is 4.43. The Hall–Kier alpha value is -3.60. The smallest absolute Gasteiger partial charge is 0.341 e. The van der Waals surface area contributed by atoms with Crippen LogP contribution in [0.5, 0.6) is 0 Å². The van der Waals surface area contributed by atoms with Crippen LogP contribution in [0.25, 0.3) is 22.8 Å². The Morgan fingerprint density at radius 2 is 2.00 bits per heavy atom. The van der Waals surface area contributed by atoms with Gasteiger partial charge in [-0.25, -0.2) is 4.98 Å². The molecule has 8 heteroatoms. The average Bonchev–Trinajstić information content (AvgIpc) is 3.14. The Bertz CT molecular complexity index is 1090. The van der Waals surface area contributed by atoms with Crippen LogP contribution in [-0.2, 0) is 11.0 Å². The van der Waals surface area contributed by atoms with E-state index in [4.69, 9.17) is 5.26 Å². The zero-order valence-electron chi connectivity index (χ0n) is 15.5. The van der Waals surface area contributed by atoms with Crippen molar-refractivity contribution in [2.75, 3.05) is 13.6 Å². The number of nitriles is 1. The van der Waals surface area contributed by atoms with Crippen LogP contribution in [0.2, 0.25) is 0 Å². The van der Waals surface area contributed by atoms with Crippen LogP contribution >= 0.6 is 0 Å². The topological polar surface area (TPSA) is 61.9 Å². The fourth-order valence-electron chi connectivity index (χ4n) is 2.87. The van der Waals surface area contributed by atoms with Gasteiger partial charge in [0.25, 0.3) is 0 Å². The van der Waals surface area contributed by atoms with Crippen LogP contribution in [-0.4, -0.2) is 34.0 Å². The van der Waals surface area contributed by atoms with Crippen molar-refractivity contribution in [3.63, 3.8) is 0 Å². The lowest BCUT2D eigenvalue weighted by Gasteiger charge is -2.13. The number of halogens is 3. The van der Waals surface area contributed by atoms with Gasteiger partial charge in [-0.05, 0) is 30.3 Å². The number of hydrogen-bond donors (Lipinski definition) is 0. The van der Waals surface area contributed by atoms with Crippen molar-refractivity contribution < 1.29 is 18.0 Å². The lowest BCUT2D eigenvalue weighted by Crippen LogP contribution is -2.25. The molecule has 0 spiro atoms. The molecule has 1 aromatic heterocycles. The number of amides is 1. The molecular formula is C21H17F3N4O. The number of fused-ring (bicyclic) bond motifs is 1. The van der Waals surface area contributed by atoms with E-state index in [9.17, 15) is 18.0 Å². The molecule has 5 nitrogen and oxygen atoms in total. The summed E-state index contributed by atoms with van der Waals surface area (Å²) in [7, 11) is 1.53. The SMILES string of the molecule is CN(CCC#N)C(=O)C=Cc1cc(C(F)(F)F)cc2ncn(-c3ccccc3)c12. The minimum absolute atomic E-state index is 0.171. The molecule has 3 aromatic rings. The standard InChI is InChI=1S/C21H17F3N4O/c1-27(11-5-10-25)19(29)9-8-15-12-16(21(22,23)24)13-18-20(15)28(14-26-18)17-6-3-2-4-7-17/h2-4,6-9,12-14H,5,11H2,1H3. The van der Waals surface area contributed by atoms with E-state index in [1.807, 2.05) is 36.4 Å². The van der Waals surface area contributed by atoms with Crippen LogP contribution in [0.3, 0.4) is 0 Å². The number of rotatable bonds is 5. The number of nitrogens with zero attached hydrogens (tertiary/aromatic N) is 4. The molecule has 29 heavy (non-hydrogen) atoms. The Morgan fingerprint density at radius 3 is 2.66 bits per heavy atom. The first-order valence-corrected chi connectivity index (χ1v) is 8.75. The third-order valence-corrected chi connectivity index (χ3v) is 4.37. The van der Waals surface area contributed by atoms with E-state index in [0.717, 1.165) is 17.8 Å². The molecule has 1 heterocycles. The molecule has 0 saturated carbocycles. The largest absolute Gasteiger partial charge is 0.416 e. The number of likely N-dealkylation sites (N-methyl/N-ethyl adjacent to an activating group) is 1. The maximum Gasteiger partial charge on any atom is 0.416 e. The zero-order chi connectivity index (χ0) is 21.0. The summed E-state index contributed by atoms with van der Waals surface area (Å²) < 4.78 is 41.7. The number of imidazole rings is 1. The third-order valence-electron chi connectivity index (χ3n) is 4.37. The van der Waals surface area contributed by atoms with Crippen molar-refractivity contribution in [3.05, 3.63) is 66.0 Å². The van der Waals surface area contributed by atoms with E-state index in [2.05, 4.69) is 4.98 Å². The van der Waals surface area contributed by atoms with Crippen LogP contribution in [0.4, 0.5) is 13.2 Å². The fourth-order valence-corrected chi connectivity index (χ4v) is 2.87. The second-order valence-electron chi connectivity index (χ2n) is 6.38. The zero-order valence-corrected chi connectivity index (χ0v) is 15.5. The first-order chi connectivity index (χ1) is 13.8. The van der Waals surface area contributed by atoms with E-state index in [1.54, 1.807) is 4.57 Å².